The van der Waals surface area contributed by atoms with Crippen LogP contribution in [0.1, 0.15) is 37.7 Å². The molecule has 8 heteroatoms. The Balaban J connectivity index is 1.48. The summed E-state index contributed by atoms with van der Waals surface area (Å²) < 4.78 is 13.0. The topological polar surface area (TPSA) is 61.4 Å². The van der Waals surface area contributed by atoms with Crippen LogP contribution in [-0.4, -0.2) is 40.3 Å². The molecule has 0 bridgehead atoms. The maximum Gasteiger partial charge on any atom is 0.293 e. The van der Waals surface area contributed by atoms with Crippen molar-refractivity contribution in [2.45, 2.75) is 38.1 Å². The molecule has 144 valence electrons. The van der Waals surface area contributed by atoms with Crippen molar-refractivity contribution in [2.24, 2.45) is 0 Å². The fourth-order valence-electron chi connectivity index (χ4n) is 3.17. The van der Waals surface area contributed by atoms with Gasteiger partial charge in [0.15, 0.2) is 5.11 Å². The van der Waals surface area contributed by atoms with Gasteiger partial charge in [-0.2, -0.15) is 0 Å². The van der Waals surface area contributed by atoms with Crippen LogP contribution in [0, 0.1) is 5.82 Å². The number of hydrogen-bond donors (Lipinski definition) is 2. The van der Waals surface area contributed by atoms with E-state index in [0.29, 0.717) is 28.2 Å². The highest BCUT2D eigenvalue weighted by molar-refractivity contribution is 8.18. The minimum Gasteiger partial charge on any atom is -0.361 e. The summed E-state index contributed by atoms with van der Waals surface area (Å²) in [5.74, 6) is -0.675. The Morgan fingerprint density at radius 1 is 1.22 bits per heavy atom. The predicted octanol–water partition coefficient (Wildman–Crippen LogP) is 3.66. The van der Waals surface area contributed by atoms with Crippen molar-refractivity contribution in [3.05, 3.63) is 40.6 Å². The van der Waals surface area contributed by atoms with Crippen LogP contribution in [-0.2, 0) is 4.79 Å². The van der Waals surface area contributed by atoms with E-state index < -0.39 is 0 Å². The zero-order valence-electron chi connectivity index (χ0n) is 14.9. The lowest BCUT2D eigenvalue weighted by molar-refractivity contribution is -0.122. The number of hydrogen-bond acceptors (Lipinski definition) is 4. The summed E-state index contributed by atoms with van der Waals surface area (Å²) >= 11 is 6.19. The van der Waals surface area contributed by atoms with Gasteiger partial charge in [-0.15, -0.1) is 0 Å². The molecule has 2 aliphatic rings. The van der Waals surface area contributed by atoms with Crippen LogP contribution in [0.3, 0.4) is 0 Å². The van der Waals surface area contributed by atoms with Gasteiger partial charge in [-0.1, -0.05) is 31.4 Å². The van der Waals surface area contributed by atoms with E-state index in [1.165, 1.54) is 36.3 Å². The number of nitrogens with one attached hydrogen (secondary N) is 2. The van der Waals surface area contributed by atoms with Gasteiger partial charge in [-0.25, -0.2) is 4.39 Å². The number of halogens is 1. The van der Waals surface area contributed by atoms with E-state index in [9.17, 15) is 14.0 Å². The molecule has 1 saturated carbocycles. The van der Waals surface area contributed by atoms with Crippen LogP contribution in [0.25, 0.3) is 6.08 Å². The molecular formula is C19H22FN3O2S2. The van der Waals surface area contributed by atoms with Gasteiger partial charge in [0, 0.05) is 19.1 Å². The zero-order valence-corrected chi connectivity index (χ0v) is 16.5. The van der Waals surface area contributed by atoms with E-state index in [-0.39, 0.29) is 23.5 Å². The van der Waals surface area contributed by atoms with E-state index in [1.807, 2.05) is 0 Å². The molecule has 0 atom stereocenters. The smallest absolute Gasteiger partial charge is 0.293 e. The van der Waals surface area contributed by atoms with Crippen molar-refractivity contribution < 1.29 is 14.0 Å². The summed E-state index contributed by atoms with van der Waals surface area (Å²) in [5.41, 5.74) is 0.679. The maximum atomic E-state index is 13.0. The molecule has 2 N–H and O–H groups in total. The van der Waals surface area contributed by atoms with Gasteiger partial charge < -0.3 is 10.6 Å². The molecule has 1 aliphatic heterocycles. The van der Waals surface area contributed by atoms with Crippen molar-refractivity contribution in [3.8, 4) is 0 Å². The van der Waals surface area contributed by atoms with Gasteiger partial charge >= 0.3 is 0 Å². The molecule has 27 heavy (non-hydrogen) atoms. The van der Waals surface area contributed by atoms with Crippen molar-refractivity contribution >= 4 is 46.3 Å². The number of nitrogens with zero attached hydrogens (tertiary/aromatic N) is 1. The number of thiocarbonyl (C=S) groups is 1. The molecule has 3 rings (SSSR count). The molecule has 2 amide bonds. The summed E-state index contributed by atoms with van der Waals surface area (Å²) in [7, 11) is 0. The fraction of sp³-hybridized carbons (Fsp3) is 0.421. The highest BCUT2D eigenvalue weighted by atomic mass is 32.2. The van der Waals surface area contributed by atoms with Gasteiger partial charge in [0.2, 0.25) is 0 Å². The first kappa shape index (κ1) is 19.8. The lowest BCUT2D eigenvalue weighted by Gasteiger charge is -2.24. The number of imide groups is 1. The monoisotopic (exact) mass is 407 g/mol. The lowest BCUT2D eigenvalue weighted by Crippen LogP contribution is -2.45. The SMILES string of the molecule is O=C1S/C(=C\c2ccc(F)cc2)C(=O)N1CCNC(=S)NC1CCCCC1. The quantitative estimate of drug-likeness (QED) is 0.574. The molecule has 0 spiro atoms. The summed E-state index contributed by atoms with van der Waals surface area (Å²) in [6, 6.07) is 6.19. The number of amides is 2. The number of thioether (sulfide) groups is 1. The van der Waals surface area contributed by atoms with Crippen LogP contribution in [0.15, 0.2) is 29.2 Å². The summed E-state index contributed by atoms with van der Waals surface area (Å²) in [5, 5.41) is 6.63. The van der Waals surface area contributed by atoms with Crippen LogP contribution in [0.4, 0.5) is 9.18 Å². The Kier molecular flexibility index (Phi) is 6.84. The van der Waals surface area contributed by atoms with Gasteiger partial charge in [-0.05, 0) is 60.6 Å². The molecule has 0 aromatic heterocycles. The average Bonchev–Trinajstić information content (AvgIpc) is 2.92. The van der Waals surface area contributed by atoms with E-state index in [0.717, 1.165) is 24.6 Å². The highest BCUT2D eigenvalue weighted by Crippen LogP contribution is 2.31. The molecule has 0 radical (unpaired) electrons. The number of rotatable bonds is 5. The predicted molar refractivity (Wildman–Crippen MR) is 110 cm³/mol. The third kappa shape index (κ3) is 5.52. The molecule has 1 saturated heterocycles. The van der Waals surface area contributed by atoms with Gasteiger partial charge in [0.1, 0.15) is 5.82 Å². The second-order valence-electron chi connectivity index (χ2n) is 6.62. The number of benzene rings is 1. The van der Waals surface area contributed by atoms with Crippen molar-refractivity contribution in [1.82, 2.24) is 15.5 Å². The van der Waals surface area contributed by atoms with Gasteiger partial charge in [0.05, 0.1) is 4.91 Å². The van der Waals surface area contributed by atoms with E-state index in [2.05, 4.69) is 10.6 Å². The molecule has 1 aromatic carbocycles. The standard InChI is InChI=1S/C19H22FN3O2S2/c20-14-8-6-13(7-9-14)12-16-17(24)23(19(25)27-16)11-10-21-18(26)22-15-4-2-1-3-5-15/h6-9,12,15H,1-5,10-11H2,(H2,21,22,26)/b16-12-. The largest absolute Gasteiger partial charge is 0.361 e. The Morgan fingerprint density at radius 3 is 2.63 bits per heavy atom. The second-order valence-corrected chi connectivity index (χ2v) is 8.02. The summed E-state index contributed by atoms with van der Waals surface area (Å²) in [6.07, 6.45) is 7.57. The number of carbonyl (C=O) groups is 2. The Morgan fingerprint density at radius 2 is 1.93 bits per heavy atom. The molecule has 5 nitrogen and oxygen atoms in total. The van der Waals surface area contributed by atoms with Gasteiger partial charge in [0.25, 0.3) is 11.1 Å². The normalized spacial score (nSPS) is 19.6. The molecule has 1 aromatic rings. The second kappa shape index (κ2) is 9.32. The lowest BCUT2D eigenvalue weighted by atomic mass is 9.96. The van der Waals surface area contributed by atoms with Crippen LogP contribution in [0.5, 0.6) is 0 Å². The van der Waals surface area contributed by atoms with E-state index >= 15 is 0 Å². The van der Waals surface area contributed by atoms with Gasteiger partial charge in [-0.3, -0.25) is 14.5 Å². The molecular weight excluding hydrogens is 385 g/mol. The minimum absolute atomic E-state index is 0.248. The fourth-order valence-corrected chi connectivity index (χ4v) is 4.30. The molecule has 2 fully saturated rings. The highest BCUT2D eigenvalue weighted by Gasteiger charge is 2.34. The maximum absolute atomic E-state index is 13.0. The Bertz CT molecular complexity index is 746. The number of carbonyl (C=O) groups excluding carboxylic acids is 2. The summed E-state index contributed by atoms with van der Waals surface area (Å²) in [6.45, 7) is 0.651. The first-order valence-corrected chi connectivity index (χ1v) is 10.3. The Hall–Kier alpha value is -1.93. The van der Waals surface area contributed by atoms with Crippen LogP contribution < -0.4 is 10.6 Å². The molecule has 1 heterocycles. The first-order valence-electron chi connectivity index (χ1n) is 9.08. The molecule has 0 unspecified atom stereocenters. The van der Waals surface area contributed by atoms with Crippen molar-refractivity contribution in [3.63, 3.8) is 0 Å². The van der Waals surface area contributed by atoms with Crippen molar-refractivity contribution in [2.75, 3.05) is 13.1 Å². The van der Waals surface area contributed by atoms with Crippen molar-refractivity contribution in [1.29, 1.82) is 0 Å². The third-order valence-corrected chi connectivity index (χ3v) is 5.77. The van der Waals surface area contributed by atoms with E-state index in [4.69, 9.17) is 12.2 Å². The summed E-state index contributed by atoms with van der Waals surface area (Å²) in [4.78, 5) is 26.1. The van der Waals surface area contributed by atoms with Crippen LogP contribution >= 0.6 is 24.0 Å². The Labute approximate surface area is 167 Å². The third-order valence-electron chi connectivity index (χ3n) is 4.60. The minimum atomic E-state index is -0.343. The zero-order chi connectivity index (χ0) is 19.2. The molecule has 1 aliphatic carbocycles. The first-order chi connectivity index (χ1) is 13.0. The average molecular weight is 408 g/mol. The van der Waals surface area contributed by atoms with E-state index in [1.54, 1.807) is 18.2 Å². The van der Waals surface area contributed by atoms with Crippen LogP contribution in [0.2, 0.25) is 0 Å².